The minimum absolute atomic E-state index is 0.265. The first kappa shape index (κ1) is 18.4. The van der Waals surface area contributed by atoms with Gasteiger partial charge in [0.1, 0.15) is 23.7 Å². The topological polar surface area (TPSA) is 120 Å². The molecule has 0 aliphatic heterocycles. The molecule has 128 valence electrons. The average molecular weight is 326 g/mol. The lowest BCUT2D eigenvalue weighted by Crippen LogP contribution is -2.46. The molecule has 0 saturated carbocycles. The fraction of sp³-hybridized carbons (Fsp3) is 0.467. The summed E-state index contributed by atoms with van der Waals surface area (Å²) in [5.74, 6) is -0.472. The zero-order valence-electron chi connectivity index (χ0n) is 13.6. The molecule has 1 rings (SSSR count). The number of nitrogen functional groups attached to an aromatic ring is 1. The fourth-order valence-electron chi connectivity index (χ4n) is 1.56. The first-order valence-electron chi connectivity index (χ1n) is 6.91. The van der Waals surface area contributed by atoms with Crippen molar-refractivity contribution in [2.24, 2.45) is 0 Å². The molecule has 0 aliphatic carbocycles. The zero-order chi connectivity index (χ0) is 17.6. The molecule has 23 heavy (non-hydrogen) atoms. The van der Waals surface area contributed by atoms with Crippen LogP contribution in [0.2, 0.25) is 0 Å². The van der Waals surface area contributed by atoms with Crippen molar-refractivity contribution >= 4 is 17.7 Å². The van der Waals surface area contributed by atoms with Crippen molar-refractivity contribution in [1.82, 2.24) is 5.32 Å². The van der Waals surface area contributed by atoms with E-state index in [-0.39, 0.29) is 12.4 Å². The predicted octanol–water partition coefficient (Wildman–Crippen LogP) is 1.63. The number of carbonyl (C=O) groups excluding carboxylic acids is 1. The number of benzene rings is 1. The van der Waals surface area contributed by atoms with E-state index in [1.54, 1.807) is 32.9 Å². The van der Waals surface area contributed by atoms with Crippen LogP contribution in [0.25, 0.3) is 0 Å². The van der Waals surface area contributed by atoms with Crippen molar-refractivity contribution < 1.29 is 28.9 Å². The van der Waals surface area contributed by atoms with Crippen LogP contribution in [-0.4, -0.2) is 42.5 Å². The van der Waals surface area contributed by atoms with Gasteiger partial charge in [0.05, 0.1) is 12.8 Å². The number of rotatable bonds is 6. The molecule has 8 nitrogen and oxygen atoms in total. The van der Waals surface area contributed by atoms with Crippen molar-refractivity contribution in [3.05, 3.63) is 18.2 Å². The summed E-state index contributed by atoms with van der Waals surface area (Å²) in [5, 5.41) is 11.4. The molecule has 0 unspecified atom stereocenters. The van der Waals surface area contributed by atoms with E-state index in [1.165, 1.54) is 13.2 Å². The van der Waals surface area contributed by atoms with Crippen molar-refractivity contribution in [1.29, 1.82) is 0 Å². The van der Waals surface area contributed by atoms with Gasteiger partial charge in [-0.3, -0.25) is 0 Å². The predicted molar refractivity (Wildman–Crippen MR) is 83.7 cm³/mol. The Morgan fingerprint density at radius 3 is 2.52 bits per heavy atom. The fourth-order valence-corrected chi connectivity index (χ4v) is 1.56. The van der Waals surface area contributed by atoms with Gasteiger partial charge >= 0.3 is 12.1 Å². The molecule has 0 aromatic heterocycles. The smallest absolute Gasteiger partial charge is 0.408 e. The van der Waals surface area contributed by atoms with Gasteiger partial charge in [0.2, 0.25) is 0 Å². The maximum Gasteiger partial charge on any atom is 0.408 e. The average Bonchev–Trinajstić information content (AvgIpc) is 2.42. The van der Waals surface area contributed by atoms with E-state index in [2.05, 4.69) is 5.32 Å². The third-order valence-electron chi connectivity index (χ3n) is 2.62. The molecule has 0 aliphatic rings. The molecule has 0 spiro atoms. The standard InChI is InChI=1S/C15H22N2O6/c1-15(2,3)23-14(20)17-11(13(18)19)8-22-12-7-9(21-4)5-6-10(12)16/h5-7,11H,8,16H2,1-4H3,(H,17,20)(H,18,19)/t11-/m0/s1. The van der Waals surface area contributed by atoms with Gasteiger partial charge in [-0.15, -0.1) is 0 Å². The number of methoxy groups -OCH3 is 1. The molecule has 0 saturated heterocycles. The number of nitrogens with two attached hydrogens (primary N) is 1. The van der Waals surface area contributed by atoms with E-state index in [9.17, 15) is 9.59 Å². The number of carbonyl (C=O) groups is 2. The van der Waals surface area contributed by atoms with Crippen LogP contribution >= 0.6 is 0 Å². The molecule has 0 radical (unpaired) electrons. The van der Waals surface area contributed by atoms with Crippen LogP contribution in [0.15, 0.2) is 18.2 Å². The number of amides is 1. The van der Waals surface area contributed by atoms with Gasteiger partial charge < -0.3 is 30.4 Å². The third kappa shape index (κ3) is 6.33. The largest absolute Gasteiger partial charge is 0.497 e. The summed E-state index contributed by atoms with van der Waals surface area (Å²) in [6.45, 7) is 4.72. The van der Waals surface area contributed by atoms with Crippen LogP contribution in [0.5, 0.6) is 11.5 Å². The molecule has 0 heterocycles. The lowest BCUT2D eigenvalue weighted by molar-refractivity contribution is -0.140. The summed E-state index contributed by atoms with van der Waals surface area (Å²) in [4.78, 5) is 22.9. The molecular formula is C15H22N2O6. The second-order valence-electron chi connectivity index (χ2n) is 5.75. The van der Waals surface area contributed by atoms with E-state index in [0.717, 1.165) is 0 Å². The number of nitrogens with one attached hydrogen (secondary N) is 1. The van der Waals surface area contributed by atoms with Crippen LogP contribution in [0, 0.1) is 0 Å². The number of anilines is 1. The van der Waals surface area contributed by atoms with E-state index in [1.807, 2.05) is 0 Å². The molecule has 0 fully saturated rings. The summed E-state index contributed by atoms with van der Waals surface area (Å²) >= 11 is 0. The number of carboxylic acids is 1. The minimum atomic E-state index is -1.28. The highest BCUT2D eigenvalue weighted by Gasteiger charge is 2.24. The summed E-state index contributed by atoms with van der Waals surface area (Å²) in [6, 6.07) is 3.47. The maximum absolute atomic E-state index is 11.7. The van der Waals surface area contributed by atoms with E-state index < -0.39 is 23.7 Å². The summed E-state index contributed by atoms with van der Waals surface area (Å²) in [7, 11) is 1.49. The van der Waals surface area contributed by atoms with Gasteiger partial charge in [0, 0.05) is 6.07 Å². The van der Waals surface area contributed by atoms with Crippen LogP contribution in [0.1, 0.15) is 20.8 Å². The van der Waals surface area contributed by atoms with Gasteiger partial charge in [-0.25, -0.2) is 9.59 Å². The van der Waals surface area contributed by atoms with Crippen molar-refractivity contribution in [2.75, 3.05) is 19.5 Å². The number of hydrogen-bond acceptors (Lipinski definition) is 6. The monoisotopic (exact) mass is 326 g/mol. The highest BCUT2D eigenvalue weighted by molar-refractivity contribution is 5.80. The number of carboxylic acid groups (broad SMARTS) is 1. The molecule has 1 aromatic carbocycles. The zero-order valence-corrected chi connectivity index (χ0v) is 13.6. The minimum Gasteiger partial charge on any atom is -0.497 e. The molecule has 8 heteroatoms. The van der Waals surface area contributed by atoms with Gasteiger partial charge in [-0.2, -0.15) is 0 Å². The second kappa shape index (κ2) is 7.57. The third-order valence-corrected chi connectivity index (χ3v) is 2.62. The SMILES string of the molecule is COc1ccc(N)c(OC[C@H](NC(=O)OC(C)(C)C)C(=O)O)c1. The Hall–Kier alpha value is -2.64. The molecule has 1 aromatic rings. The highest BCUT2D eigenvalue weighted by Crippen LogP contribution is 2.26. The quantitative estimate of drug-likeness (QED) is 0.679. The van der Waals surface area contributed by atoms with E-state index in [4.69, 9.17) is 25.1 Å². The van der Waals surface area contributed by atoms with Gasteiger partial charge in [-0.05, 0) is 32.9 Å². The van der Waals surface area contributed by atoms with Crippen LogP contribution in [0.4, 0.5) is 10.5 Å². The van der Waals surface area contributed by atoms with Gasteiger partial charge in [0.15, 0.2) is 6.04 Å². The Kier molecular flexibility index (Phi) is 6.06. The molecule has 0 bridgehead atoms. The Bertz CT molecular complexity index is 568. The first-order valence-corrected chi connectivity index (χ1v) is 6.91. The molecule has 1 amide bonds. The van der Waals surface area contributed by atoms with Crippen LogP contribution in [0.3, 0.4) is 0 Å². The molecule has 4 N–H and O–H groups in total. The Balaban J connectivity index is 2.70. The Morgan fingerprint density at radius 1 is 1.35 bits per heavy atom. The van der Waals surface area contributed by atoms with E-state index >= 15 is 0 Å². The van der Waals surface area contributed by atoms with Gasteiger partial charge in [-0.1, -0.05) is 0 Å². The summed E-state index contributed by atoms with van der Waals surface area (Å²) < 4.78 is 15.4. The van der Waals surface area contributed by atoms with Crippen molar-refractivity contribution in [3.8, 4) is 11.5 Å². The highest BCUT2D eigenvalue weighted by atomic mass is 16.6. The van der Waals surface area contributed by atoms with Crippen molar-refractivity contribution in [2.45, 2.75) is 32.4 Å². The normalized spacial score (nSPS) is 12.2. The van der Waals surface area contributed by atoms with E-state index in [0.29, 0.717) is 11.4 Å². The number of ether oxygens (including phenoxy) is 3. The van der Waals surface area contributed by atoms with Gasteiger partial charge in [0.25, 0.3) is 0 Å². The number of hydrogen-bond donors (Lipinski definition) is 3. The van der Waals surface area contributed by atoms with Crippen LogP contribution < -0.4 is 20.5 Å². The Labute approximate surface area is 134 Å². The number of alkyl carbamates (subject to hydrolysis) is 1. The molecule has 1 atom stereocenters. The second-order valence-corrected chi connectivity index (χ2v) is 5.75. The molecular weight excluding hydrogens is 304 g/mol. The maximum atomic E-state index is 11.7. The summed E-state index contributed by atoms with van der Waals surface area (Å²) in [5.41, 5.74) is 5.35. The van der Waals surface area contributed by atoms with Crippen LogP contribution in [-0.2, 0) is 9.53 Å². The lowest BCUT2D eigenvalue weighted by Gasteiger charge is -2.22. The van der Waals surface area contributed by atoms with Crippen molar-refractivity contribution in [3.63, 3.8) is 0 Å². The number of aliphatic carboxylic acids is 1. The Morgan fingerprint density at radius 2 is 2.00 bits per heavy atom. The first-order chi connectivity index (χ1) is 10.6. The lowest BCUT2D eigenvalue weighted by atomic mass is 10.2. The summed E-state index contributed by atoms with van der Waals surface area (Å²) in [6.07, 6.45) is -0.841.